The van der Waals surface area contributed by atoms with E-state index in [4.69, 9.17) is 16.6 Å². The summed E-state index contributed by atoms with van der Waals surface area (Å²) in [6.07, 6.45) is 4.76. The van der Waals surface area contributed by atoms with Crippen molar-refractivity contribution < 1.29 is 0 Å². The van der Waals surface area contributed by atoms with E-state index < -0.39 is 0 Å². The molecule has 0 radical (unpaired) electrons. The lowest BCUT2D eigenvalue weighted by Crippen LogP contribution is -2.18. The topological polar surface area (TPSA) is 17.8 Å². The Morgan fingerprint density at radius 2 is 2.14 bits per heavy atom. The van der Waals surface area contributed by atoms with E-state index in [0.717, 1.165) is 23.8 Å². The van der Waals surface area contributed by atoms with Gasteiger partial charge in [0.2, 0.25) is 0 Å². The van der Waals surface area contributed by atoms with E-state index >= 15 is 0 Å². The number of alkyl halides is 1. The van der Waals surface area contributed by atoms with E-state index in [2.05, 4.69) is 43.5 Å². The largest absolute Gasteiger partial charge is 0.324 e. The molecule has 1 fully saturated rings. The fraction of sp³-hybridized carbons (Fsp3) is 0.611. The number of fused-ring (bicyclic) bond motifs is 1. The molecule has 3 heteroatoms. The van der Waals surface area contributed by atoms with E-state index in [1.54, 1.807) is 0 Å². The van der Waals surface area contributed by atoms with Gasteiger partial charge >= 0.3 is 0 Å². The molecule has 3 atom stereocenters. The monoisotopic (exact) mass is 304 g/mol. The normalized spacial score (nSPS) is 25.8. The van der Waals surface area contributed by atoms with E-state index in [-0.39, 0.29) is 0 Å². The van der Waals surface area contributed by atoms with Gasteiger partial charge in [-0.05, 0) is 43.2 Å². The van der Waals surface area contributed by atoms with Gasteiger partial charge in [0.05, 0.1) is 11.0 Å². The number of para-hydroxylation sites is 1. The first-order valence-corrected chi connectivity index (χ1v) is 8.73. The van der Waals surface area contributed by atoms with Crippen molar-refractivity contribution in [3.63, 3.8) is 0 Å². The van der Waals surface area contributed by atoms with Crippen molar-refractivity contribution in [3.05, 3.63) is 29.6 Å². The van der Waals surface area contributed by atoms with Crippen molar-refractivity contribution in [2.45, 2.75) is 52.5 Å². The van der Waals surface area contributed by atoms with Crippen LogP contribution in [-0.2, 0) is 6.42 Å². The van der Waals surface area contributed by atoms with Crippen LogP contribution in [-0.4, -0.2) is 15.4 Å². The summed E-state index contributed by atoms with van der Waals surface area (Å²) in [7, 11) is 0. The Morgan fingerprint density at radius 3 is 2.81 bits per heavy atom. The van der Waals surface area contributed by atoms with Crippen molar-refractivity contribution in [1.29, 1.82) is 0 Å². The smallest absolute Gasteiger partial charge is 0.111 e. The molecule has 0 spiro atoms. The molecule has 2 aromatic rings. The van der Waals surface area contributed by atoms with Crippen LogP contribution in [0.1, 0.15) is 50.5 Å². The van der Waals surface area contributed by atoms with Crippen LogP contribution in [0.3, 0.4) is 0 Å². The van der Waals surface area contributed by atoms with Crippen molar-refractivity contribution >= 4 is 22.6 Å². The lowest BCUT2D eigenvalue weighted by atomic mass is 9.93. The van der Waals surface area contributed by atoms with Crippen LogP contribution in [0.25, 0.3) is 11.0 Å². The average molecular weight is 305 g/mol. The van der Waals surface area contributed by atoms with Gasteiger partial charge in [-0.15, -0.1) is 11.6 Å². The van der Waals surface area contributed by atoms with Crippen molar-refractivity contribution in [2.75, 3.05) is 5.88 Å². The van der Waals surface area contributed by atoms with Gasteiger partial charge in [0, 0.05) is 18.3 Å². The van der Waals surface area contributed by atoms with Gasteiger partial charge in [0.1, 0.15) is 5.82 Å². The molecule has 114 valence electrons. The zero-order chi connectivity index (χ0) is 15.0. The van der Waals surface area contributed by atoms with Crippen LogP contribution in [0.15, 0.2) is 18.2 Å². The maximum absolute atomic E-state index is 6.02. The van der Waals surface area contributed by atoms with Crippen molar-refractivity contribution in [2.24, 2.45) is 11.8 Å². The lowest BCUT2D eigenvalue weighted by molar-refractivity contribution is 0.329. The van der Waals surface area contributed by atoms with Crippen molar-refractivity contribution in [3.8, 4) is 0 Å². The zero-order valence-electron chi connectivity index (χ0n) is 13.3. The third kappa shape index (κ3) is 2.48. The van der Waals surface area contributed by atoms with Crippen LogP contribution >= 0.6 is 11.6 Å². The number of aromatic nitrogens is 2. The highest BCUT2D eigenvalue weighted by molar-refractivity contribution is 6.17. The number of hydrogen-bond donors (Lipinski definition) is 0. The average Bonchev–Trinajstić information content (AvgIpc) is 3.00. The maximum Gasteiger partial charge on any atom is 0.111 e. The number of imidazole rings is 1. The predicted molar refractivity (Wildman–Crippen MR) is 90.1 cm³/mol. The zero-order valence-corrected chi connectivity index (χ0v) is 14.0. The molecule has 1 aliphatic rings. The summed E-state index contributed by atoms with van der Waals surface area (Å²) < 4.78 is 2.52. The first-order chi connectivity index (χ1) is 10.2. The fourth-order valence-electron chi connectivity index (χ4n) is 4.15. The molecule has 1 aliphatic carbocycles. The summed E-state index contributed by atoms with van der Waals surface area (Å²) in [5, 5.41) is 0. The van der Waals surface area contributed by atoms with Crippen LogP contribution in [0.5, 0.6) is 0 Å². The summed E-state index contributed by atoms with van der Waals surface area (Å²) in [6, 6.07) is 7.01. The molecule has 0 N–H and O–H groups in total. The minimum atomic E-state index is 0.583. The second kappa shape index (κ2) is 6.00. The molecule has 1 aromatic heterocycles. The van der Waals surface area contributed by atoms with Gasteiger partial charge in [-0.1, -0.05) is 32.4 Å². The van der Waals surface area contributed by atoms with Crippen molar-refractivity contribution in [1.82, 2.24) is 9.55 Å². The molecular weight excluding hydrogens is 280 g/mol. The number of aryl methyl sites for hydroxylation is 2. The van der Waals surface area contributed by atoms with Gasteiger partial charge in [0.15, 0.2) is 0 Å². The van der Waals surface area contributed by atoms with Gasteiger partial charge in [-0.25, -0.2) is 4.98 Å². The second-order valence-corrected chi connectivity index (χ2v) is 6.83. The van der Waals surface area contributed by atoms with E-state index in [1.807, 2.05) is 0 Å². The number of nitrogens with zero attached hydrogens (tertiary/aromatic N) is 2. The van der Waals surface area contributed by atoms with E-state index in [1.165, 1.54) is 36.2 Å². The highest BCUT2D eigenvalue weighted by Crippen LogP contribution is 2.44. The van der Waals surface area contributed by atoms with Gasteiger partial charge in [-0.2, -0.15) is 0 Å². The molecule has 21 heavy (non-hydrogen) atoms. The first-order valence-electron chi connectivity index (χ1n) is 8.19. The van der Waals surface area contributed by atoms with Gasteiger partial charge in [-0.3, -0.25) is 0 Å². The van der Waals surface area contributed by atoms with E-state index in [0.29, 0.717) is 11.9 Å². The standard InChI is InChI=1S/C18H25ClN2/c1-4-14-8-9-16(13(14)3)21-17(10-11-19)20-15-7-5-6-12(2)18(15)21/h5-7,13-14,16H,4,8-11H2,1-3H3. The Morgan fingerprint density at radius 1 is 1.33 bits per heavy atom. The Balaban J connectivity index is 2.13. The van der Waals surface area contributed by atoms with Crippen LogP contribution in [0.2, 0.25) is 0 Å². The summed E-state index contributed by atoms with van der Waals surface area (Å²) >= 11 is 6.02. The number of benzene rings is 1. The molecule has 0 bridgehead atoms. The second-order valence-electron chi connectivity index (χ2n) is 6.45. The highest BCUT2D eigenvalue weighted by Gasteiger charge is 2.34. The number of rotatable bonds is 4. The minimum absolute atomic E-state index is 0.583. The van der Waals surface area contributed by atoms with E-state index in [9.17, 15) is 0 Å². The first kappa shape index (κ1) is 14.9. The molecule has 3 rings (SSSR count). The summed E-state index contributed by atoms with van der Waals surface area (Å²) in [5.74, 6) is 3.38. The molecule has 0 saturated heterocycles. The number of hydrogen-bond acceptors (Lipinski definition) is 1. The van der Waals surface area contributed by atoms with Gasteiger partial charge < -0.3 is 4.57 Å². The van der Waals surface area contributed by atoms with Crippen LogP contribution < -0.4 is 0 Å². The summed E-state index contributed by atoms with van der Waals surface area (Å²) in [4.78, 5) is 4.87. The Labute approximate surface area is 132 Å². The number of halogens is 1. The summed E-state index contributed by atoms with van der Waals surface area (Å²) in [5.41, 5.74) is 3.78. The predicted octanol–water partition coefficient (Wildman–Crippen LogP) is 5.12. The molecular formula is C18H25ClN2. The fourth-order valence-corrected chi connectivity index (χ4v) is 4.32. The minimum Gasteiger partial charge on any atom is -0.324 e. The Hall–Kier alpha value is -1.02. The Bertz CT molecular complexity index is 631. The molecule has 0 amide bonds. The Kier molecular flexibility index (Phi) is 4.26. The molecule has 1 saturated carbocycles. The molecule has 1 heterocycles. The van der Waals surface area contributed by atoms with Gasteiger partial charge in [0.25, 0.3) is 0 Å². The maximum atomic E-state index is 6.02. The quantitative estimate of drug-likeness (QED) is 0.717. The molecule has 1 aromatic carbocycles. The highest BCUT2D eigenvalue weighted by atomic mass is 35.5. The molecule has 0 aliphatic heterocycles. The lowest BCUT2D eigenvalue weighted by Gasteiger charge is -2.24. The molecule has 3 unspecified atom stereocenters. The van der Waals surface area contributed by atoms with Crippen LogP contribution in [0.4, 0.5) is 0 Å². The van der Waals surface area contributed by atoms with Crippen LogP contribution in [0, 0.1) is 18.8 Å². The molecule has 2 nitrogen and oxygen atoms in total. The third-order valence-electron chi connectivity index (χ3n) is 5.34. The SMILES string of the molecule is CCC1CCC(n2c(CCCl)nc3cccc(C)c32)C1C. The summed E-state index contributed by atoms with van der Waals surface area (Å²) in [6.45, 7) is 6.93. The third-order valence-corrected chi connectivity index (χ3v) is 5.53.